The predicted octanol–water partition coefficient (Wildman–Crippen LogP) is 2.25. The molecule has 1 aromatic heterocycles. The van der Waals surface area contributed by atoms with Gasteiger partial charge in [-0.25, -0.2) is 22.9 Å². The number of aryl methyl sites for hydroxylation is 3. The molecule has 0 saturated heterocycles. The Morgan fingerprint density at radius 3 is 2.55 bits per heavy atom. The summed E-state index contributed by atoms with van der Waals surface area (Å²) in [6.45, 7) is 5.23. The summed E-state index contributed by atoms with van der Waals surface area (Å²) in [5.74, 6) is -1.11. The molecule has 2 rings (SSSR count). The van der Waals surface area contributed by atoms with Crippen LogP contribution in [0.25, 0.3) is 0 Å². The molecule has 0 saturated carbocycles. The lowest BCUT2D eigenvalue weighted by Crippen LogP contribution is -2.24. The first kappa shape index (κ1) is 16.6. The van der Waals surface area contributed by atoms with Crippen molar-refractivity contribution in [3.63, 3.8) is 0 Å². The number of rotatable bonds is 5. The molecule has 0 radical (unpaired) electrons. The molecule has 0 fully saturated rings. The molecule has 0 amide bonds. The van der Waals surface area contributed by atoms with Crippen molar-refractivity contribution < 1.29 is 18.3 Å². The first-order valence-corrected chi connectivity index (χ1v) is 8.77. The Bertz CT molecular complexity index is 825. The number of hydrogen-bond acceptors (Lipinski definition) is 5. The van der Waals surface area contributed by atoms with Gasteiger partial charge in [-0.15, -0.1) is 11.3 Å². The summed E-state index contributed by atoms with van der Waals surface area (Å²) < 4.78 is 27.1. The topological polar surface area (TPSA) is 96.4 Å². The van der Waals surface area contributed by atoms with Gasteiger partial charge in [0.15, 0.2) is 5.69 Å². The molecule has 0 spiro atoms. The Hall–Kier alpha value is -1.77. The van der Waals surface area contributed by atoms with E-state index in [0.717, 1.165) is 5.56 Å². The highest BCUT2D eigenvalue weighted by Crippen LogP contribution is 2.20. The highest BCUT2D eigenvalue weighted by atomic mass is 32.2. The van der Waals surface area contributed by atoms with Crippen molar-refractivity contribution in [2.45, 2.75) is 32.2 Å². The third-order valence-electron chi connectivity index (χ3n) is 3.08. The van der Waals surface area contributed by atoms with Crippen LogP contribution in [0.3, 0.4) is 0 Å². The molecule has 0 bridgehead atoms. The fourth-order valence-corrected chi connectivity index (χ4v) is 4.23. The molecule has 1 aromatic carbocycles. The molecule has 1 heterocycles. The number of benzene rings is 1. The van der Waals surface area contributed by atoms with E-state index >= 15 is 0 Å². The van der Waals surface area contributed by atoms with Crippen LogP contribution >= 0.6 is 11.3 Å². The number of aromatic nitrogens is 1. The van der Waals surface area contributed by atoms with Crippen LogP contribution in [0.1, 0.15) is 31.5 Å². The van der Waals surface area contributed by atoms with E-state index in [-0.39, 0.29) is 17.1 Å². The number of sulfonamides is 1. The molecule has 118 valence electrons. The van der Waals surface area contributed by atoms with Crippen LogP contribution in [0.15, 0.2) is 23.1 Å². The lowest BCUT2D eigenvalue weighted by Gasteiger charge is -2.08. The second kappa shape index (κ2) is 6.15. The van der Waals surface area contributed by atoms with Gasteiger partial charge in [0.2, 0.25) is 10.0 Å². The number of nitrogens with one attached hydrogen (secondary N) is 1. The number of hydrogen-bond donors (Lipinski definition) is 2. The minimum absolute atomic E-state index is 0.0333. The van der Waals surface area contributed by atoms with E-state index in [9.17, 15) is 13.2 Å². The average Bonchev–Trinajstić information content (AvgIpc) is 2.77. The average molecular weight is 340 g/mol. The highest BCUT2D eigenvalue weighted by molar-refractivity contribution is 7.89. The van der Waals surface area contributed by atoms with Gasteiger partial charge in [0.1, 0.15) is 5.01 Å². The number of nitrogens with zero attached hydrogens (tertiary/aromatic N) is 1. The summed E-state index contributed by atoms with van der Waals surface area (Å²) in [5.41, 5.74) is 1.61. The van der Waals surface area contributed by atoms with Crippen molar-refractivity contribution in [3.8, 4) is 0 Å². The van der Waals surface area contributed by atoms with Gasteiger partial charge in [-0.3, -0.25) is 0 Å². The van der Waals surface area contributed by atoms with Crippen molar-refractivity contribution in [2.75, 3.05) is 0 Å². The van der Waals surface area contributed by atoms with Crippen LogP contribution in [0.5, 0.6) is 0 Å². The Kier molecular flexibility index (Phi) is 4.64. The van der Waals surface area contributed by atoms with Gasteiger partial charge in [0.05, 0.1) is 11.4 Å². The second-order valence-corrected chi connectivity index (χ2v) is 7.93. The van der Waals surface area contributed by atoms with Gasteiger partial charge >= 0.3 is 5.97 Å². The fourth-order valence-electron chi connectivity index (χ4n) is 2.06. The number of thiazole rings is 1. The fraction of sp³-hybridized carbons (Fsp3) is 0.286. The van der Waals surface area contributed by atoms with Crippen molar-refractivity contribution in [1.82, 2.24) is 9.71 Å². The summed E-state index contributed by atoms with van der Waals surface area (Å²) >= 11 is 1.17. The number of carboxylic acids is 1. The summed E-state index contributed by atoms with van der Waals surface area (Å²) in [6, 6.07) is 5.09. The quantitative estimate of drug-likeness (QED) is 0.870. The molecule has 6 nitrogen and oxygen atoms in total. The SMILES string of the molecule is Cc1ccc(S(=O)(=O)NCc2nc(C(=O)O)c(C)s2)c(C)c1. The van der Waals surface area contributed by atoms with Crippen LogP contribution in [-0.4, -0.2) is 24.5 Å². The molecule has 0 aliphatic heterocycles. The minimum Gasteiger partial charge on any atom is -0.476 e. The largest absolute Gasteiger partial charge is 0.476 e. The van der Waals surface area contributed by atoms with E-state index in [0.29, 0.717) is 15.4 Å². The lowest BCUT2D eigenvalue weighted by molar-refractivity contribution is 0.0690. The van der Waals surface area contributed by atoms with Crippen molar-refractivity contribution in [3.05, 3.63) is 44.9 Å². The third kappa shape index (κ3) is 3.52. The number of aromatic carboxylic acids is 1. The van der Waals surface area contributed by atoms with Crippen LogP contribution < -0.4 is 4.72 Å². The maximum atomic E-state index is 12.3. The standard InChI is InChI=1S/C14H16N2O4S2/c1-8-4-5-11(9(2)6-8)22(19,20)15-7-12-16-13(14(17)18)10(3)21-12/h4-6,15H,7H2,1-3H3,(H,17,18). The zero-order valence-corrected chi connectivity index (χ0v) is 14.0. The van der Waals surface area contributed by atoms with Crippen LogP contribution in [-0.2, 0) is 16.6 Å². The molecule has 0 unspecified atom stereocenters. The molecule has 0 aliphatic rings. The molecular formula is C14H16N2O4S2. The van der Waals surface area contributed by atoms with Crippen molar-refractivity contribution >= 4 is 27.3 Å². The first-order valence-electron chi connectivity index (χ1n) is 6.47. The number of carboxylic acid groups (broad SMARTS) is 1. The molecule has 22 heavy (non-hydrogen) atoms. The summed E-state index contributed by atoms with van der Waals surface area (Å²) in [7, 11) is -3.66. The third-order valence-corrected chi connectivity index (χ3v) is 5.61. The Morgan fingerprint density at radius 1 is 1.32 bits per heavy atom. The van der Waals surface area contributed by atoms with Gasteiger partial charge in [-0.1, -0.05) is 17.7 Å². The normalized spacial score (nSPS) is 11.6. The first-order chi connectivity index (χ1) is 10.2. The summed E-state index contributed by atoms with van der Waals surface area (Å²) in [4.78, 5) is 15.6. The van der Waals surface area contributed by atoms with Gasteiger partial charge in [0, 0.05) is 4.88 Å². The summed E-state index contributed by atoms with van der Waals surface area (Å²) in [6.07, 6.45) is 0. The van der Waals surface area contributed by atoms with Crippen LogP contribution in [0, 0.1) is 20.8 Å². The van der Waals surface area contributed by atoms with E-state index in [4.69, 9.17) is 5.11 Å². The van der Waals surface area contributed by atoms with Gasteiger partial charge in [-0.05, 0) is 32.4 Å². The van der Waals surface area contributed by atoms with Gasteiger partial charge in [-0.2, -0.15) is 0 Å². The summed E-state index contributed by atoms with van der Waals surface area (Å²) in [5, 5.41) is 9.37. The molecule has 2 N–H and O–H groups in total. The molecule has 2 aromatic rings. The van der Waals surface area contributed by atoms with E-state index in [1.165, 1.54) is 11.3 Å². The van der Waals surface area contributed by atoms with Crippen molar-refractivity contribution in [2.24, 2.45) is 0 Å². The Balaban J connectivity index is 2.19. The smallest absolute Gasteiger partial charge is 0.355 e. The van der Waals surface area contributed by atoms with Gasteiger partial charge in [0.25, 0.3) is 0 Å². The van der Waals surface area contributed by atoms with Gasteiger partial charge < -0.3 is 5.11 Å². The molecule has 8 heteroatoms. The monoisotopic (exact) mass is 340 g/mol. The molecule has 0 atom stereocenters. The zero-order chi connectivity index (χ0) is 16.5. The highest BCUT2D eigenvalue weighted by Gasteiger charge is 2.19. The Labute approximate surface area is 132 Å². The van der Waals surface area contributed by atoms with E-state index in [1.807, 2.05) is 6.92 Å². The lowest BCUT2D eigenvalue weighted by atomic mass is 10.2. The molecular weight excluding hydrogens is 324 g/mol. The number of carbonyl (C=O) groups is 1. The van der Waals surface area contributed by atoms with E-state index < -0.39 is 16.0 Å². The van der Waals surface area contributed by atoms with E-state index in [2.05, 4.69) is 9.71 Å². The second-order valence-electron chi connectivity index (χ2n) is 4.91. The predicted molar refractivity (Wildman–Crippen MR) is 83.8 cm³/mol. The van der Waals surface area contributed by atoms with E-state index in [1.54, 1.807) is 32.0 Å². The van der Waals surface area contributed by atoms with Crippen LogP contribution in [0.4, 0.5) is 0 Å². The Morgan fingerprint density at radius 2 is 2.00 bits per heavy atom. The molecule has 0 aliphatic carbocycles. The zero-order valence-electron chi connectivity index (χ0n) is 12.4. The minimum atomic E-state index is -3.66. The van der Waals surface area contributed by atoms with Crippen molar-refractivity contribution in [1.29, 1.82) is 0 Å². The maximum Gasteiger partial charge on any atom is 0.355 e. The van der Waals surface area contributed by atoms with Crippen LogP contribution in [0.2, 0.25) is 0 Å². The maximum absolute atomic E-state index is 12.3.